The first kappa shape index (κ1) is 9.56. The van der Waals surface area contributed by atoms with Gasteiger partial charge in [0.05, 0.1) is 5.69 Å². The van der Waals surface area contributed by atoms with E-state index in [4.69, 9.17) is 5.73 Å². The Balaban J connectivity index is 2.17. The van der Waals surface area contributed by atoms with Gasteiger partial charge >= 0.3 is 0 Å². The van der Waals surface area contributed by atoms with Crippen LogP contribution in [0.25, 0.3) is 0 Å². The summed E-state index contributed by atoms with van der Waals surface area (Å²) in [7, 11) is 1.90. The van der Waals surface area contributed by atoms with Gasteiger partial charge in [-0.25, -0.2) is 0 Å². The standard InChI is InChI=1S/C11H19N3/c1-11(2)5-4-8(7-11)9-6-10(12)14(3)13-9/h6,8H,4-5,7,12H2,1-3H3. The number of nitrogens with two attached hydrogens (primary N) is 1. The second-order valence-electron chi connectivity index (χ2n) is 5.22. The van der Waals surface area contributed by atoms with Gasteiger partial charge in [0.15, 0.2) is 0 Å². The number of aromatic nitrogens is 2. The van der Waals surface area contributed by atoms with E-state index in [1.54, 1.807) is 4.68 Å². The molecule has 1 unspecified atom stereocenters. The molecule has 0 bridgehead atoms. The van der Waals surface area contributed by atoms with Crippen molar-refractivity contribution in [3.05, 3.63) is 11.8 Å². The van der Waals surface area contributed by atoms with Gasteiger partial charge < -0.3 is 5.73 Å². The number of nitrogen functional groups attached to an aromatic ring is 1. The fraction of sp³-hybridized carbons (Fsp3) is 0.727. The second-order valence-corrected chi connectivity index (χ2v) is 5.22. The van der Waals surface area contributed by atoms with Crippen LogP contribution in [-0.4, -0.2) is 9.78 Å². The van der Waals surface area contributed by atoms with E-state index in [0.29, 0.717) is 11.3 Å². The Kier molecular flexibility index (Phi) is 2.05. The highest BCUT2D eigenvalue weighted by Gasteiger charge is 2.33. The predicted octanol–water partition coefficient (Wildman–Crippen LogP) is 2.30. The maximum atomic E-state index is 5.78. The molecule has 1 fully saturated rings. The van der Waals surface area contributed by atoms with Crippen LogP contribution in [0.5, 0.6) is 0 Å². The van der Waals surface area contributed by atoms with Crippen molar-refractivity contribution in [3.63, 3.8) is 0 Å². The van der Waals surface area contributed by atoms with Crippen molar-refractivity contribution in [3.8, 4) is 0 Å². The van der Waals surface area contributed by atoms with Gasteiger partial charge in [0.25, 0.3) is 0 Å². The molecule has 0 saturated heterocycles. The van der Waals surface area contributed by atoms with Crippen molar-refractivity contribution in [1.82, 2.24) is 9.78 Å². The zero-order chi connectivity index (χ0) is 10.3. The number of anilines is 1. The van der Waals surface area contributed by atoms with E-state index in [1.165, 1.54) is 25.0 Å². The highest BCUT2D eigenvalue weighted by atomic mass is 15.3. The molecule has 0 aromatic carbocycles. The summed E-state index contributed by atoms with van der Waals surface area (Å²) in [5.41, 5.74) is 7.44. The van der Waals surface area contributed by atoms with E-state index in [2.05, 4.69) is 18.9 Å². The number of rotatable bonds is 1. The molecule has 78 valence electrons. The van der Waals surface area contributed by atoms with Crippen LogP contribution < -0.4 is 5.73 Å². The van der Waals surface area contributed by atoms with Gasteiger partial charge in [-0.15, -0.1) is 0 Å². The molecule has 2 rings (SSSR count). The van der Waals surface area contributed by atoms with Gasteiger partial charge in [0.2, 0.25) is 0 Å². The lowest BCUT2D eigenvalue weighted by molar-refractivity contribution is 0.375. The summed E-state index contributed by atoms with van der Waals surface area (Å²) in [6, 6.07) is 2.02. The first-order chi connectivity index (χ1) is 6.48. The Labute approximate surface area is 85.3 Å². The van der Waals surface area contributed by atoms with E-state index in [0.717, 1.165) is 5.82 Å². The molecule has 1 aliphatic carbocycles. The molecule has 2 N–H and O–H groups in total. The van der Waals surface area contributed by atoms with E-state index in [-0.39, 0.29) is 0 Å². The van der Waals surface area contributed by atoms with Crippen molar-refractivity contribution in [2.75, 3.05) is 5.73 Å². The quantitative estimate of drug-likeness (QED) is 0.743. The van der Waals surface area contributed by atoms with Crippen molar-refractivity contribution in [2.24, 2.45) is 12.5 Å². The number of nitrogens with zero attached hydrogens (tertiary/aromatic N) is 2. The lowest BCUT2D eigenvalue weighted by Crippen LogP contribution is -2.05. The third-order valence-electron chi connectivity index (χ3n) is 3.32. The minimum Gasteiger partial charge on any atom is -0.384 e. The van der Waals surface area contributed by atoms with E-state index in [9.17, 15) is 0 Å². The maximum absolute atomic E-state index is 5.78. The molecular weight excluding hydrogens is 174 g/mol. The normalized spacial score (nSPS) is 25.5. The van der Waals surface area contributed by atoms with Gasteiger partial charge in [0, 0.05) is 19.0 Å². The Bertz CT molecular complexity index is 319. The summed E-state index contributed by atoms with van der Waals surface area (Å²) in [6.07, 6.45) is 3.79. The number of hydrogen-bond acceptors (Lipinski definition) is 2. The molecule has 14 heavy (non-hydrogen) atoms. The van der Waals surface area contributed by atoms with Crippen LogP contribution in [0.3, 0.4) is 0 Å². The third-order valence-corrected chi connectivity index (χ3v) is 3.32. The van der Waals surface area contributed by atoms with Crippen molar-refractivity contribution < 1.29 is 0 Å². The molecule has 1 aromatic rings. The van der Waals surface area contributed by atoms with Gasteiger partial charge in [-0.05, 0) is 24.7 Å². The summed E-state index contributed by atoms with van der Waals surface area (Å²) in [4.78, 5) is 0. The van der Waals surface area contributed by atoms with Crippen molar-refractivity contribution in [1.29, 1.82) is 0 Å². The summed E-state index contributed by atoms with van der Waals surface area (Å²) in [5, 5.41) is 4.45. The zero-order valence-electron chi connectivity index (χ0n) is 9.25. The zero-order valence-corrected chi connectivity index (χ0v) is 9.25. The van der Waals surface area contributed by atoms with E-state index < -0.39 is 0 Å². The third kappa shape index (κ3) is 1.63. The lowest BCUT2D eigenvalue weighted by Gasteiger charge is -2.16. The van der Waals surface area contributed by atoms with Gasteiger partial charge in [-0.1, -0.05) is 13.8 Å². The molecule has 1 aliphatic rings. The first-order valence-electron chi connectivity index (χ1n) is 5.27. The fourth-order valence-electron chi connectivity index (χ4n) is 2.39. The Morgan fingerprint density at radius 1 is 1.57 bits per heavy atom. The summed E-state index contributed by atoms with van der Waals surface area (Å²) in [6.45, 7) is 4.67. The lowest BCUT2D eigenvalue weighted by atomic mass is 9.90. The number of aryl methyl sites for hydroxylation is 1. The van der Waals surface area contributed by atoms with Crippen LogP contribution in [0.15, 0.2) is 6.07 Å². The van der Waals surface area contributed by atoms with Gasteiger partial charge in [-0.2, -0.15) is 5.10 Å². The van der Waals surface area contributed by atoms with Crippen LogP contribution >= 0.6 is 0 Å². The Hall–Kier alpha value is -0.990. The predicted molar refractivity (Wildman–Crippen MR) is 58.0 cm³/mol. The monoisotopic (exact) mass is 193 g/mol. The minimum absolute atomic E-state index is 0.483. The number of hydrogen-bond donors (Lipinski definition) is 1. The Morgan fingerprint density at radius 2 is 2.29 bits per heavy atom. The molecular formula is C11H19N3. The molecule has 1 aromatic heterocycles. The van der Waals surface area contributed by atoms with Crippen molar-refractivity contribution in [2.45, 2.75) is 39.0 Å². The molecule has 3 heteroatoms. The van der Waals surface area contributed by atoms with Crippen LogP contribution in [0.1, 0.15) is 44.7 Å². The average molecular weight is 193 g/mol. The highest BCUT2D eigenvalue weighted by molar-refractivity contribution is 5.32. The average Bonchev–Trinajstić information content (AvgIpc) is 2.57. The topological polar surface area (TPSA) is 43.8 Å². The molecule has 1 heterocycles. The van der Waals surface area contributed by atoms with Crippen LogP contribution in [0.4, 0.5) is 5.82 Å². The van der Waals surface area contributed by atoms with Crippen LogP contribution in [0, 0.1) is 5.41 Å². The SMILES string of the molecule is Cn1nc(C2CCC(C)(C)C2)cc1N. The fourth-order valence-corrected chi connectivity index (χ4v) is 2.39. The second kappa shape index (κ2) is 3.01. The first-order valence-corrected chi connectivity index (χ1v) is 5.27. The highest BCUT2D eigenvalue weighted by Crippen LogP contribution is 2.45. The largest absolute Gasteiger partial charge is 0.384 e. The summed E-state index contributed by atoms with van der Waals surface area (Å²) >= 11 is 0. The molecule has 3 nitrogen and oxygen atoms in total. The van der Waals surface area contributed by atoms with Crippen LogP contribution in [-0.2, 0) is 7.05 Å². The smallest absolute Gasteiger partial charge is 0.121 e. The molecule has 0 radical (unpaired) electrons. The summed E-state index contributed by atoms with van der Waals surface area (Å²) in [5.74, 6) is 1.39. The molecule has 0 aliphatic heterocycles. The molecule has 0 spiro atoms. The van der Waals surface area contributed by atoms with E-state index in [1.807, 2.05) is 13.1 Å². The summed E-state index contributed by atoms with van der Waals surface area (Å²) < 4.78 is 1.76. The Morgan fingerprint density at radius 3 is 2.71 bits per heavy atom. The van der Waals surface area contributed by atoms with Crippen LogP contribution in [0.2, 0.25) is 0 Å². The molecule has 1 saturated carbocycles. The van der Waals surface area contributed by atoms with Crippen molar-refractivity contribution >= 4 is 5.82 Å². The maximum Gasteiger partial charge on any atom is 0.121 e. The molecule has 0 amide bonds. The van der Waals surface area contributed by atoms with Gasteiger partial charge in [0.1, 0.15) is 5.82 Å². The minimum atomic E-state index is 0.483. The molecule has 1 atom stereocenters. The van der Waals surface area contributed by atoms with E-state index >= 15 is 0 Å². The van der Waals surface area contributed by atoms with Gasteiger partial charge in [-0.3, -0.25) is 4.68 Å².